The van der Waals surface area contributed by atoms with Crippen molar-refractivity contribution in [2.45, 2.75) is 70.9 Å². The Labute approximate surface area is 220 Å². The Bertz CT molecular complexity index is 1290. The van der Waals surface area contributed by atoms with Crippen molar-refractivity contribution in [3.63, 3.8) is 0 Å². The molecule has 0 saturated heterocycles. The molecule has 0 atom stereocenters. The molecule has 0 amide bonds. The average Bonchev–Trinajstić information content (AvgIpc) is 2.84. The van der Waals surface area contributed by atoms with Crippen LogP contribution in [0.25, 0.3) is 0 Å². The molecule has 0 aromatic heterocycles. The second-order valence-corrected chi connectivity index (χ2v) is 11.6. The first-order chi connectivity index (χ1) is 17.3. The molecule has 0 aliphatic carbocycles. The summed E-state index contributed by atoms with van der Waals surface area (Å²) in [4.78, 5) is 1.90. The van der Waals surface area contributed by atoms with Gasteiger partial charge in [0.05, 0.1) is 19.1 Å². The number of hydrogen-bond donors (Lipinski definition) is 2. The van der Waals surface area contributed by atoms with E-state index in [1.54, 1.807) is 32.1 Å². The van der Waals surface area contributed by atoms with Crippen molar-refractivity contribution in [2.24, 2.45) is 15.9 Å². The van der Waals surface area contributed by atoms with E-state index in [0.29, 0.717) is 48.7 Å². The van der Waals surface area contributed by atoms with Gasteiger partial charge in [-0.25, -0.2) is 0 Å². The highest BCUT2D eigenvalue weighted by Crippen LogP contribution is 2.42. The predicted octanol–water partition coefficient (Wildman–Crippen LogP) is 3.59. The topological polar surface area (TPSA) is 129 Å². The van der Waals surface area contributed by atoms with Gasteiger partial charge in [-0.1, -0.05) is 0 Å². The fraction of sp³-hybridized carbons (Fsp3) is 0.519. The van der Waals surface area contributed by atoms with Crippen LogP contribution >= 0.6 is 0 Å². The Kier molecular flexibility index (Phi) is 8.64. The lowest BCUT2D eigenvalue weighted by molar-refractivity contribution is 0.0832. The molecular formula is C27H40N4O5S. The largest absolute Gasteiger partial charge is 0.497 e. The summed E-state index contributed by atoms with van der Waals surface area (Å²) in [7, 11) is -0.962. The number of nitrogens with two attached hydrogens (primary N) is 2. The number of rotatable bonds is 9. The molecular weight excluding hydrogens is 492 g/mol. The zero-order valence-electron chi connectivity index (χ0n) is 23.0. The quantitative estimate of drug-likeness (QED) is 0.370. The SMILES string of the molecule is COc1ccc(CN(CCCN)/C(N)=N/S(=O)(=O)c2c(C)c(C)c3c(c2C)CCC(C)(C)O3)c(OC)c1. The molecule has 0 spiro atoms. The van der Waals surface area contributed by atoms with Gasteiger partial charge in [0, 0.05) is 24.7 Å². The molecule has 0 unspecified atom stereocenters. The van der Waals surface area contributed by atoms with Crippen molar-refractivity contribution < 1.29 is 22.6 Å². The van der Waals surface area contributed by atoms with Crippen molar-refractivity contribution >= 4 is 16.0 Å². The van der Waals surface area contributed by atoms with Gasteiger partial charge in [0.15, 0.2) is 0 Å². The van der Waals surface area contributed by atoms with E-state index in [9.17, 15) is 8.42 Å². The van der Waals surface area contributed by atoms with Crippen molar-refractivity contribution in [1.82, 2.24) is 4.90 Å². The Morgan fingerprint density at radius 3 is 2.46 bits per heavy atom. The molecule has 4 N–H and O–H groups in total. The van der Waals surface area contributed by atoms with Crippen LogP contribution in [0.2, 0.25) is 0 Å². The number of benzene rings is 2. The fourth-order valence-electron chi connectivity index (χ4n) is 4.71. The van der Waals surface area contributed by atoms with Crippen LogP contribution in [0.15, 0.2) is 27.5 Å². The molecule has 0 bridgehead atoms. The van der Waals surface area contributed by atoms with Crippen molar-refractivity contribution in [2.75, 3.05) is 27.3 Å². The van der Waals surface area contributed by atoms with Crippen LogP contribution in [0.1, 0.15) is 54.5 Å². The maximum atomic E-state index is 13.7. The first kappa shape index (κ1) is 28.6. The van der Waals surface area contributed by atoms with E-state index < -0.39 is 10.0 Å². The second kappa shape index (κ2) is 11.2. The van der Waals surface area contributed by atoms with Gasteiger partial charge in [-0.05, 0) is 94.8 Å². The number of guanidine groups is 1. The van der Waals surface area contributed by atoms with Crippen LogP contribution < -0.4 is 25.7 Å². The van der Waals surface area contributed by atoms with E-state index >= 15 is 0 Å². The van der Waals surface area contributed by atoms with Gasteiger partial charge in [-0.3, -0.25) is 0 Å². The van der Waals surface area contributed by atoms with Gasteiger partial charge in [-0.15, -0.1) is 4.40 Å². The van der Waals surface area contributed by atoms with Gasteiger partial charge >= 0.3 is 0 Å². The Morgan fingerprint density at radius 2 is 1.84 bits per heavy atom. The molecule has 1 aliphatic heterocycles. The highest BCUT2D eigenvalue weighted by atomic mass is 32.2. The lowest BCUT2D eigenvalue weighted by Crippen LogP contribution is -2.39. The first-order valence-corrected chi connectivity index (χ1v) is 13.9. The summed E-state index contributed by atoms with van der Waals surface area (Å²) in [6.07, 6.45) is 2.14. The van der Waals surface area contributed by atoms with E-state index in [-0.39, 0.29) is 16.5 Å². The van der Waals surface area contributed by atoms with Gasteiger partial charge in [0.2, 0.25) is 5.96 Å². The third-order valence-electron chi connectivity index (χ3n) is 6.95. The first-order valence-electron chi connectivity index (χ1n) is 12.4. The zero-order chi connectivity index (χ0) is 27.5. The van der Waals surface area contributed by atoms with Gasteiger partial charge in [0.1, 0.15) is 22.8 Å². The monoisotopic (exact) mass is 532 g/mol. The second-order valence-electron chi connectivity index (χ2n) is 10.0. The normalized spacial score (nSPS) is 15.1. The van der Waals surface area contributed by atoms with Gasteiger partial charge in [-0.2, -0.15) is 8.42 Å². The lowest BCUT2D eigenvalue weighted by atomic mass is 9.88. The number of methoxy groups -OCH3 is 2. The minimum absolute atomic E-state index is 0.0992. The molecule has 37 heavy (non-hydrogen) atoms. The molecule has 2 aromatic rings. The minimum Gasteiger partial charge on any atom is -0.497 e. The standard InChI is InChI=1S/C27H40N4O5S/c1-17-18(2)25(19(3)22-11-12-27(4,5)36-24(17)22)37(32,33)30-26(29)31(14-8-13-28)16-20-9-10-21(34-6)15-23(20)35-7/h9-10,15H,8,11-14,16,28H2,1-7H3,(H2,29,30). The fourth-order valence-corrected chi connectivity index (χ4v) is 6.21. The smallest absolute Gasteiger partial charge is 0.286 e. The molecule has 0 saturated carbocycles. The van der Waals surface area contributed by atoms with E-state index in [4.69, 9.17) is 25.7 Å². The molecule has 0 fully saturated rings. The highest BCUT2D eigenvalue weighted by molar-refractivity contribution is 7.90. The number of nitrogens with zero attached hydrogens (tertiary/aromatic N) is 2. The summed E-state index contributed by atoms with van der Waals surface area (Å²) < 4.78 is 48.5. The Hall–Kier alpha value is -2.98. The predicted molar refractivity (Wildman–Crippen MR) is 146 cm³/mol. The average molecular weight is 533 g/mol. The summed E-state index contributed by atoms with van der Waals surface area (Å²) in [5.74, 6) is 1.93. The number of sulfonamides is 1. The van der Waals surface area contributed by atoms with E-state index in [1.165, 1.54) is 0 Å². The summed E-state index contributed by atoms with van der Waals surface area (Å²) in [6, 6.07) is 5.44. The van der Waals surface area contributed by atoms with Gasteiger partial charge < -0.3 is 30.6 Å². The highest BCUT2D eigenvalue weighted by Gasteiger charge is 2.33. The molecule has 1 heterocycles. The minimum atomic E-state index is -4.11. The molecule has 10 heteroatoms. The number of ether oxygens (including phenoxy) is 3. The maximum Gasteiger partial charge on any atom is 0.286 e. The lowest BCUT2D eigenvalue weighted by Gasteiger charge is -2.35. The molecule has 1 aliphatic rings. The van der Waals surface area contributed by atoms with Gasteiger partial charge in [0.25, 0.3) is 10.0 Å². The third-order valence-corrected chi connectivity index (χ3v) is 8.51. The van der Waals surface area contributed by atoms with E-state index in [1.807, 2.05) is 39.8 Å². The van der Waals surface area contributed by atoms with Crippen molar-refractivity contribution in [3.05, 3.63) is 46.0 Å². The summed E-state index contributed by atoms with van der Waals surface area (Å²) >= 11 is 0. The Morgan fingerprint density at radius 1 is 1.14 bits per heavy atom. The molecule has 3 rings (SSSR count). The summed E-state index contributed by atoms with van der Waals surface area (Å²) in [5, 5.41) is 0. The number of hydrogen-bond acceptors (Lipinski definition) is 6. The molecule has 0 radical (unpaired) electrons. The summed E-state index contributed by atoms with van der Waals surface area (Å²) in [5.41, 5.74) is 15.6. The van der Waals surface area contributed by atoms with E-state index in [0.717, 1.165) is 35.3 Å². The van der Waals surface area contributed by atoms with Crippen molar-refractivity contribution in [1.29, 1.82) is 0 Å². The third kappa shape index (κ3) is 6.13. The van der Waals surface area contributed by atoms with Crippen LogP contribution in [0.4, 0.5) is 0 Å². The molecule has 9 nitrogen and oxygen atoms in total. The Balaban J connectivity index is 2.03. The molecule has 204 valence electrons. The van der Waals surface area contributed by atoms with Crippen LogP contribution in [0.3, 0.4) is 0 Å². The van der Waals surface area contributed by atoms with Crippen molar-refractivity contribution in [3.8, 4) is 17.2 Å². The zero-order valence-corrected chi connectivity index (χ0v) is 23.8. The molecule has 2 aromatic carbocycles. The van der Waals surface area contributed by atoms with Crippen LogP contribution in [-0.2, 0) is 23.0 Å². The van der Waals surface area contributed by atoms with Crippen LogP contribution in [0, 0.1) is 20.8 Å². The maximum absolute atomic E-state index is 13.7. The van der Waals surface area contributed by atoms with Crippen LogP contribution in [-0.4, -0.2) is 52.2 Å². The van der Waals surface area contributed by atoms with E-state index in [2.05, 4.69) is 4.40 Å². The number of fused-ring (bicyclic) bond motifs is 1. The van der Waals surface area contributed by atoms with Crippen LogP contribution in [0.5, 0.6) is 17.2 Å². The summed E-state index contributed by atoms with van der Waals surface area (Å²) in [6.45, 7) is 10.7.